The molecule has 51 heavy (non-hydrogen) atoms. The molecule has 0 saturated carbocycles. The van der Waals surface area contributed by atoms with Crippen molar-refractivity contribution in [3.05, 3.63) is 65.6 Å². The number of phenols is 1. The predicted octanol–water partition coefficient (Wildman–Crippen LogP) is 5.71. The van der Waals surface area contributed by atoms with Gasteiger partial charge in [0, 0.05) is 43.2 Å². The molecule has 3 amide bonds. The second-order valence-corrected chi connectivity index (χ2v) is 14.5. The van der Waals surface area contributed by atoms with E-state index in [1.807, 2.05) is 46.9 Å². The van der Waals surface area contributed by atoms with Gasteiger partial charge in [-0.15, -0.1) is 0 Å². The van der Waals surface area contributed by atoms with E-state index >= 15 is 0 Å². The predicted molar refractivity (Wildman–Crippen MR) is 199 cm³/mol. The molecular weight excluding hydrogens is 650 g/mol. The number of nitrogens with zero attached hydrogens (tertiary/aromatic N) is 5. The number of aryl methyl sites for hydroxylation is 2. The lowest BCUT2D eigenvalue weighted by atomic mass is 10.1. The highest BCUT2D eigenvalue weighted by molar-refractivity contribution is 6.06. The first-order chi connectivity index (χ1) is 24.0. The maximum absolute atomic E-state index is 13.1. The number of fused-ring (bicyclic) bond motifs is 1. The number of nitrogens with one attached hydrogen (secondary N) is 3. The number of likely N-dealkylation sites (tertiary alicyclic amines) is 1. The zero-order chi connectivity index (χ0) is 37.1. The fraction of sp³-hybridized carbons (Fsp3) is 0.432. The third-order valence-electron chi connectivity index (χ3n) is 8.46. The number of aliphatic imine (C=N–C) groups is 1. The van der Waals surface area contributed by atoms with Crippen LogP contribution in [-0.2, 0) is 11.2 Å². The number of carbonyl (C=O) groups is 2. The summed E-state index contributed by atoms with van der Waals surface area (Å²) < 4.78 is 7.45. The molecule has 1 fully saturated rings. The molecule has 0 bridgehead atoms. The molecule has 14 nitrogen and oxygen atoms in total. The Labute approximate surface area is 298 Å². The second-order valence-electron chi connectivity index (χ2n) is 14.5. The minimum absolute atomic E-state index is 0.0856. The van der Waals surface area contributed by atoms with E-state index in [0.29, 0.717) is 42.3 Å². The number of hydrogen-bond acceptors (Lipinski definition) is 9. The monoisotopic (exact) mass is 699 g/mol. The molecule has 4 aromatic rings. The van der Waals surface area contributed by atoms with Gasteiger partial charge in [0.15, 0.2) is 0 Å². The fourth-order valence-electron chi connectivity index (χ4n) is 5.95. The molecule has 0 aliphatic carbocycles. The van der Waals surface area contributed by atoms with Crippen LogP contribution in [0.2, 0.25) is 0 Å². The van der Waals surface area contributed by atoms with E-state index in [9.17, 15) is 19.8 Å². The maximum atomic E-state index is 13.1. The topological polar surface area (TPSA) is 192 Å². The van der Waals surface area contributed by atoms with Gasteiger partial charge >= 0.3 is 12.1 Å². The van der Waals surface area contributed by atoms with Crippen LogP contribution in [0.1, 0.15) is 71.1 Å². The molecule has 1 atom stereocenters. The summed E-state index contributed by atoms with van der Waals surface area (Å²) in [6.45, 7) is 13.8. The molecule has 5 rings (SSSR count). The van der Waals surface area contributed by atoms with E-state index in [4.69, 9.17) is 15.5 Å². The van der Waals surface area contributed by atoms with Crippen molar-refractivity contribution in [1.82, 2.24) is 24.8 Å². The van der Waals surface area contributed by atoms with Crippen molar-refractivity contribution < 1.29 is 24.5 Å². The van der Waals surface area contributed by atoms with Gasteiger partial charge in [0.25, 0.3) is 0 Å². The number of pyridine rings is 1. The van der Waals surface area contributed by atoms with Crippen molar-refractivity contribution in [2.45, 2.75) is 85.0 Å². The Balaban J connectivity index is 1.49. The molecule has 1 aliphatic heterocycles. The number of amides is 3. The Hall–Kier alpha value is -5.37. The first kappa shape index (κ1) is 36.9. The molecule has 4 heterocycles. The van der Waals surface area contributed by atoms with Gasteiger partial charge in [-0.25, -0.2) is 24.1 Å². The lowest BCUT2D eigenvalue weighted by Gasteiger charge is -2.29. The van der Waals surface area contributed by atoms with Gasteiger partial charge in [0.1, 0.15) is 23.0 Å². The van der Waals surface area contributed by atoms with E-state index < -0.39 is 17.2 Å². The number of aliphatic hydroxyl groups is 1. The third kappa shape index (κ3) is 9.25. The summed E-state index contributed by atoms with van der Waals surface area (Å²) in [6.07, 6.45) is 7.23. The SMILES string of the molecule is CCc1cc(O)ccc1N=C(N)c1cnn2cc(-c3cnc(NC(=O)NCC(C)(C)O)cc3C)cc2c1NC[C@H]1CCCN1C(=O)OC(C)(C)C. The standard InChI is InChI=1S/C37H49N9O5/c1-8-23-15-26(47)11-12-29(23)43-33(38)28-19-42-46-20-24(27-18-39-31(14-22(27)2)44-34(48)41-21-37(6,7)50)16-30(46)32(28)40-17-25-10-9-13-45(25)35(49)51-36(3,4)5/h11-12,14-16,18-20,25,40,47,50H,8-10,13,17,21H2,1-7H3,(H2,38,43)(H2,39,41,44,48)/t25-/m1/s1. The van der Waals surface area contributed by atoms with Crippen LogP contribution in [0.15, 0.2) is 53.9 Å². The Bertz CT molecular complexity index is 1940. The van der Waals surface area contributed by atoms with Crippen LogP contribution in [0.3, 0.4) is 0 Å². The molecular formula is C37H49N9O5. The highest BCUT2D eigenvalue weighted by atomic mass is 16.6. The summed E-state index contributed by atoms with van der Waals surface area (Å²) in [5.74, 6) is 0.762. The summed E-state index contributed by atoms with van der Waals surface area (Å²) in [5.41, 5.74) is 11.1. The van der Waals surface area contributed by atoms with Gasteiger partial charge in [-0.2, -0.15) is 5.10 Å². The largest absolute Gasteiger partial charge is 0.508 e. The first-order valence-electron chi connectivity index (χ1n) is 17.2. The molecule has 3 aromatic heterocycles. The minimum atomic E-state index is -1.04. The van der Waals surface area contributed by atoms with Crippen molar-refractivity contribution >= 4 is 40.7 Å². The minimum Gasteiger partial charge on any atom is -0.508 e. The van der Waals surface area contributed by atoms with Crippen LogP contribution in [0.5, 0.6) is 5.75 Å². The summed E-state index contributed by atoms with van der Waals surface area (Å²) in [6, 6.07) is 8.18. The number of aromatic nitrogens is 3. The summed E-state index contributed by atoms with van der Waals surface area (Å²) in [5, 5.41) is 33.5. The van der Waals surface area contributed by atoms with E-state index in [0.717, 1.165) is 40.6 Å². The van der Waals surface area contributed by atoms with Crippen LogP contribution < -0.4 is 21.7 Å². The van der Waals surface area contributed by atoms with E-state index in [2.05, 4.69) is 26.0 Å². The fourth-order valence-corrected chi connectivity index (χ4v) is 5.95. The molecule has 1 saturated heterocycles. The average Bonchev–Trinajstić information content (AvgIpc) is 3.70. The highest BCUT2D eigenvalue weighted by Gasteiger charge is 2.32. The molecule has 1 aromatic carbocycles. The molecule has 272 valence electrons. The zero-order valence-corrected chi connectivity index (χ0v) is 30.4. The van der Waals surface area contributed by atoms with Crippen LogP contribution >= 0.6 is 0 Å². The maximum Gasteiger partial charge on any atom is 0.410 e. The molecule has 14 heteroatoms. The van der Waals surface area contributed by atoms with Gasteiger partial charge in [-0.3, -0.25) is 5.32 Å². The number of rotatable bonds is 10. The lowest BCUT2D eigenvalue weighted by Crippen LogP contribution is -2.42. The van der Waals surface area contributed by atoms with Crippen LogP contribution in [0.4, 0.5) is 26.8 Å². The number of ether oxygens (including phenoxy) is 1. The van der Waals surface area contributed by atoms with Crippen molar-refractivity contribution in [2.75, 3.05) is 30.3 Å². The van der Waals surface area contributed by atoms with Crippen molar-refractivity contribution in [3.63, 3.8) is 0 Å². The third-order valence-corrected chi connectivity index (χ3v) is 8.46. The van der Waals surface area contributed by atoms with Crippen molar-refractivity contribution in [3.8, 4) is 16.9 Å². The van der Waals surface area contributed by atoms with Gasteiger partial charge in [0.05, 0.1) is 40.3 Å². The van der Waals surface area contributed by atoms with Crippen molar-refractivity contribution in [2.24, 2.45) is 10.7 Å². The van der Waals surface area contributed by atoms with Crippen molar-refractivity contribution in [1.29, 1.82) is 0 Å². The molecule has 0 unspecified atom stereocenters. The Morgan fingerprint density at radius 1 is 1.14 bits per heavy atom. The lowest BCUT2D eigenvalue weighted by molar-refractivity contribution is 0.0235. The smallest absolute Gasteiger partial charge is 0.410 e. The van der Waals surface area contributed by atoms with Gasteiger partial charge in [-0.05, 0) is 102 Å². The van der Waals surface area contributed by atoms with E-state index in [1.165, 1.54) is 0 Å². The quantitative estimate of drug-likeness (QED) is 0.0888. The van der Waals surface area contributed by atoms with E-state index in [1.54, 1.807) is 59.9 Å². The summed E-state index contributed by atoms with van der Waals surface area (Å²) in [4.78, 5) is 36.4. The normalized spacial score (nSPS) is 15.3. The highest BCUT2D eigenvalue weighted by Crippen LogP contribution is 2.32. The van der Waals surface area contributed by atoms with Gasteiger partial charge < -0.3 is 36.2 Å². The van der Waals surface area contributed by atoms with Crippen LogP contribution in [0.25, 0.3) is 16.6 Å². The first-order valence-corrected chi connectivity index (χ1v) is 17.2. The molecule has 7 N–H and O–H groups in total. The second kappa shape index (κ2) is 14.9. The summed E-state index contributed by atoms with van der Waals surface area (Å²) in [7, 11) is 0. The molecule has 0 radical (unpaired) electrons. The number of aromatic hydroxyl groups is 1. The Kier molecular flexibility index (Phi) is 10.7. The average molecular weight is 700 g/mol. The molecule has 1 aliphatic rings. The number of urea groups is 1. The number of nitrogens with two attached hydrogens (primary N) is 1. The Morgan fingerprint density at radius 3 is 2.59 bits per heavy atom. The Morgan fingerprint density at radius 2 is 1.90 bits per heavy atom. The number of benzene rings is 1. The number of phenolic OH excluding ortho intramolecular Hbond substituents is 1. The van der Waals surface area contributed by atoms with Gasteiger partial charge in [-0.1, -0.05) is 6.92 Å². The van der Waals surface area contributed by atoms with Crippen LogP contribution in [-0.4, -0.2) is 84.5 Å². The number of hydrogen-bond donors (Lipinski definition) is 6. The van der Waals surface area contributed by atoms with Gasteiger partial charge in [0.2, 0.25) is 0 Å². The van der Waals surface area contributed by atoms with Crippen LogP contribution in [0, 0.1) is 6.92 Å². The number of amidine groups is 1. The number of carbonyl (C=O) groups excluding carboxylic acids is 2. The summed E-state index contributed by atoms with van der Waals surface area (Å²) >= 11 is 0. The zero-order valence-electron chi connectivity index (χ0n) is 30.4. The van der Waals surface area contributed by atoms with E-state index in [-0.39, 0.29) is 30.3 Å². The number of anilines is 2. The molecule has 0 spiro atoms.